The van der Waals surface area contributed by atoms with Gasteiger partial charge in [0, 0.05) is 11.8 Å². The molecule has 0 N–H and O–H groups in total. The van der Waals surface area contributed by atoms with E-state index in [4.69, 9.17) is 9.47 Å². The maximum Gasteiger partial charge on any atom is 0.311 e. The monoisotopic (exact) mass is 294 g/mol. The molecule has 3 rings (SSSR count). The van der Waals surface area contributed by atoms with Gasteiger partial charge in [0.05, 0.1) is 11.3 Å². The molecule has 1 heterocycles. The van der Waals surface area contributed by atoms with Crippen LogP contribution in [0, 0.1) is 29.1 Å². The molecular weight excluding hydrogens is 268 g/mol. The largest absolute Gasteiger partial charge is 0.458 e. The van der Waals surface area contributed by atoms with Crippen LogP contribution in [0.4, 0.5) is 0 Å². The molecule has 0 spiro atoms. The van der Waals surface area contributed by atoms with Crippen molar-refractivity contribution in [2.24, 2.45) is 29.1 Å². The van der Waals surface area contributed by atoms with Crippen LogP contribution in [0.2, 0.25) is 0 Å². The maximum absolute atomic E-state index is 12.4. The van der Waals surface area contributed by atoms with Gasteiger partial charge in [-0.1, -0.05) is 13.8 Å². The third kappa shape index (κ3) is 2.36. The molecule has 118 valence electrons. The summed E-state index contributed by atoms with van der Waals surface area (Å²) in [4.78, 5) is 24.5. The van der Waals surface area contributed by atoms with Crippen molar-refractivity contribution in [1.82, 2.24) is 0 Å². The second-order valence-electron chi connectivity index (χ2n) is 7.85. The second kappa shape index (κ2) is 4.99. The number of hydrogen-bond acceptors (Lipinski definition) is 4. The Morgan fingerprint density at radius 3 is 2.71 bits per heavy atom. The summed E-state index contributed by atoms with van der Waals surface area (Å²) in [5.41, 5.74) is -0.472. The Bertz CT molecular complexity index is 456. The van der Waals surface area contributed by atoms with Crippen molar-refractivity contribution >= 4 is 11.9 Å². The fraction of sp³-hybridized carbons (Fsp3) is 0.882. The fourth-order valence-electron chi connectivity index (χ4n) is 4.21. The number of ether oxygens (including phenoxy) is 2. The Morgan fingerprint density at radius 2 is 2.05 bits per heavy atom. The van der Waals surface area contributed by atoms with Crippen LogP contribution in [0.25, 0.3) is 0 Å². The summed E-state index contributed by atoms with van der Waals surface area (Å²) in [5.74, 6) is 0.899. The predicted octanol–water partition coefficient (Wildman–Crippen LogP) is 2.94. The van der Waals surface area contributed by atoms with Crippen LogP contribution in [0.5, 0.6) is 0 Å². The molecule has 0 aromatic rings. The smallest absolute Gasteiger partial charge is 0.311 e. The summed E-state index contributed by atoms with van der Waals surface area (Å²) in [5, 5.41) is 0. The molecule has 4 nitrogen and oxygen atoms in total. The molecule has 2 aliphatic carbocycles. The number of esters is 2. The molecule has 2 saturated carbocycles. The zero-order valence-electron chi connectivity index (χ0n) is 13.4. The van der Waals surface area contributed by atoms with E-state index in [1.165, 1.54) is 0 Å². The lowest BCUT2D eigenvalue weighted by Crippen LogP contribution is -2.38. The zero-order chi connectivity index (χ0) is 15.4. The van der Waals surface area contributed by atoms with E-state index in [-0.39, 0.29) is 36.0 Å². The average molecular weight is 294 g/mol. The molecule has 2 bridgehead atoms. The number of hydrogen-bond donors (Lipinski definition) is 0. The Kier molecular flexibility index (Phi) is 3.53. The standard InChI is InChI=1S/C17H26O4/c1-5-17(3,4)16(19)21-13-10-6-9(2)7-12-11(8-10)14(13)20-15(12)18/h9-14H,5-8H2,1-4H3. The van der Waals surface area contributed by atoms with Crippen molar-refractivity contribution in [2.45, 2.75) is 65.6 Å². The van der Waals surface area contributed by atoms with Gasteiger partial charge in [-0.15, -0.1) is 0 Å². The van der Waals surface area contributed by atoms with Gasteiger partial charge < -0.3 is 9.47 Å². The lowest BCUT2D eigenvalue weighted by molar-refractivity contribution is -0.171. The molecule has 3 aliphatic rings. The van der Waals surface area contributed by atoms with Crippen molar-refractivity contribution in [3.63, 3.8) is 0 Å². The van der Waals surface area contributed by atoms with Crippen molar-refractivity contribution in [2.75, 3.05) is 0 Å². The molecule has 4 heteroatoms. The minimum absolute atomic E-state index is 0.0258. The number of rotatable bonds is 3. The van der Waals surface area contributed by atoms with Gasteiger partial charge in [-0.3, -0.25) is 9.59 Å². The minimum Gasteiger partial charge on any atom is -0.458 e. The van der Waals surface area contributed by atoms with Crippen LogP contribution in [-0.2, 0) is 19.1 Å². The SMILES string of the molecule is CCC(C)(C)C(=O)OC1C2CC(C)CC3C(=O)OC1C3C2. The van der Waals surface area contributed by atoms with Crippen molar-refractivity contribution in [1.29, 1.82) is 0 Å². The van der Waals surface area contributed by atoms with Crippen molar-refractivity contribution in [3.05, 3.63) is 0 Å². The Morgan fingerprint density at radius 1 is 1.33 bits per heavy atom. The van der Waals surface area contributed by atoms with Gasteiger partial charge in [-0.05, 0) is 45.4 Å². The minimum atomic E-state index is -0.472. The third-order valence-corrected chi connectivity index (χ3v) is 5.90. The Labute approximate surface area is 126 Å². The van der Waals surface area contributed by atoms with E-state index in [1.54, 1.807) is 0 Å². The summed E-state index contributed by atoms with van der Waals surface area (Å²) in [6.45, 7) is 8.01. The highest BCUT2D eigenvalue weighted by Crippen LogP contribution is 2.52. The second-order valence-corrected chi connectivity index (χ2v) is 7.85. The Hall–Kier alpha value is -1.06. The molecule has 1 saturated heterocycles. The summed E-state index contributed by atoms with van der Waals surface area (Å²) in [7, 11) is 0. The van der Waals surface area contributed by atoms with Gasteiger partial charge in [0.1, 0.15) is 12.2 Å². The Balaban J connectivity index is 1.80. The first-order chi connectivity index (χ1) is 9.83. The van der Waals surface area contributed by atoms with Gasteiger partial charge in [-0.25, -0.2) is 0 Å². The number of carbonyl (C=O) groups excluding carboxylic acids is 2. The zero-order valence-corrected chi connectivity index (χ0v) is 13.4. The van der Waals surface area contributed by atoms with E-state index >= 15 is 0 Å². The lowest BCUT2D eigenvalue weighted by Gasteiger charge is -2.30. The molecule has 21 heavy (non-hydrogen) atoms. The summed E-state index contributed by atoms with van der Waals surface area (Å²) in [6.07, 6.45) is 3.25. The summed E-state index contributed by atoms with van der Waals surface area (Å²) < 4.78 is 11.4. The van der Waals surface area contributed by atoms with Gasteiger partial charge in [0.2, 0.25) is 0 Å². The van der Waals surface area contributed by atoms with Crippen LogP contribution < -0.4 is 0 Å². The quantitative estimate of drug-likeness (QED) is 0.751. The topological polar surface area (TPSA) is 52.6 Å². The summed E-state index contributed by atoms with van der Waals surface area (Å²) >= 11 is 0. The molecule has 6 unspecified atom stereocenters. The molecule has 6 atom stereocenters. The van der Waals surface area contributed by atoms with Crippen molar-refractivity contribution in [3.8, 4) is 0 Å². The number of carbonyl (C=O) groups is 2. The van der Waals surface area contributed by atoms with E-state index in [1.807, 2.05) is 20.8 Å². The van der Waals surface area contributed by atoms with E-state index in [0.29, 0.717) is 11.8 Å². The molecule has 3 fully saturated rings. The first kappa shape index (κ1) is 14.9. The van der Waals surface area contributed by atoms with Gasteiger partial charge in [0.25, 0.3) is 0 Å². The normalized spacial score (nSPS) is 41.6. The molecule has 0 aromatic carbocycles. The van der Waals surface area contributed by atoms with Crippen LogP contribution in [0.15, 0.2) is 0 Å². The predicted molar refractivity (Wildman–Crippen MR) is 77.3 cm³/mol. The molecule has 0 amide bonds. The highest BCUT2D eigenvalue weighted by molar-refractivity contribution is 5.77. The van der Waals surface area contributed by atoms with Gasteiger partial charge in [0.15, 0.2) is 0 Å². The van der Waals surface area contributed by atoms with E-state index in [0.717, 1.165) is 25.7 Å². The van der Waals surface area contributed by atoms with E-state index in [2.05, 4.69) is 6.92 Å². The molecule has 0 radical (unpaired) electrons. The van der Waals surface area contributed by atoms with Gasteiger partial charge >= 0.3 is 11.9 Å². The van der Waals surface area contributed by atoms with Crippen LogP contribution in [0.3, 0.4) is 0 Å². The third-order valence-electron chi connectivity index (χ3n) is 5.90. The maximum atomic E-state index is 12.4. The first-order valence-electron chi connectivity index (χ1n) is 8.25. The molecular formula is C17H26O4. The summed E-state index contributed by atoms with van der Waals surface area (Å²) in [6, 6.07) is 0. The van der Waals surface area contributed by atoms with Crippen LogP contribution >= 0.6 is 0 Å². The highest BCUT2D eigenvalue weighted by Gasteiger charge is 2.59. The number of fused-ring (bicyclic) bond motifs is 1. The van der Waals surface area contributed by atoms with Crippen LogP contribution in [-0.4, -0.2) is 24.1 Å². The van der Waals surface area contributed by atoms with E-state index in [9.17, 15) is 9.59 Å². The van der Waals surface area contributed by atoms with Gasteiger partial charge in [-0.2, -0.15) is 0 Å². The van der Waals surface area contributed by atoms with Crippen LogP contribution in [0.1, 0.15) is 53.4 Å². The van der Waals surface area contributed by atoms with Crippen molar-refractivity contribution < 1.29 is 19.1 Å². The first-order valence-corrected chi connectivity index (χ1v) is 8.25. The highest BCUT2D eigenvalue weighted by atomic mass is 16.6. The lowest BCUT2D eigenvalue weighted by atomic mass is 9.84. The average Bonchev–Trinajstić information content (AvgIpc) is 2.82. The molecule has 0 aromatic heterocycles. The molecule has 1 aliphatic heterocycles. The fourth-order valence-corrected chi connectivity index (χ4v) is 4.21. The van der Waals surface area contributed by atoms with E-state index < -0.39 is 5.41 Å².